The summed E-state index contributed by atoms with van der Waals surface area (Å²) >= 11 is 7.41. The highest BCUT2D eigenvalue weighted by Gasteiger charge is 2.26. The highest BCUT2D eigenvalue weighted by Crippen LogP contribution is 2.35. The van der Waals surface area contributed by atoms with E-state index in [0.717, 1.165) is 34.3 Å². The van der Waals surface area contributed by atoms with E-state index in [0.29, 0.717) is 32.2 Å². The molecule has 0 aliphatic heterocycles. The smallest absolute Gasteiger partial charge is 0.325 e. The fraction of sp³-hybridized carbons (Fsp3) is 0.200. The molecule has 7 nitrogen and oxygen atoms in total. The van der Waals surface area contributed by atoms with Crippen LogP contribution in [0.4, 0.5) is 5.69 Å². The molecule has 172 valence electrons. The van der Waals surface area contributed by atoms with Crippen LogP contribution in [0.15, 0.2) is 58.1 Å². The SMILES string of the molecule is CC(=O)c1ccc(NC(=O)Cn2c(=O)n(-c3ccc(Cl)cc3)c(=O)c3c4c(sc32)CCC4)cc1. The number of aryl methyl sites for hydroxylation is 2. The molecule has 2 aromatic heterocycles. The monoisotopic (exact) mass is 493 g/mol. The number of hydrogen-bond donors (Lipinski definition) is 1. The van der Waals surface area contributed by atoms with E-state index in [9.17, 15) is 19.2 Å². The third kappa shape index (κ3) is 3.89. The number of carbonyl (C=O) groups excluding carboxylic acids is 2. The molecular weight excluding hydrogens is 474 g/mol. The van der Waals surface area contributed by atoms with Crippen molar-refractivity contribution in [2.24, 2.45) is 0 Å². The normalized spacial score (nSPS) is 12.6. The Kier molecular flexibility index (Phi) is 5.71. The van der Waals surface area contributed by atoms with Crippen molar-refractivity contribution in [2.45, 2.75) is 32.7 Å². The average Bonchev–Trinajstić information content (AvgIpc) is 3.40. The number of amides is 1. The molecule has 0 spiro atoms. The molecule has 34 heavy (non-hydrogen) atoms. The first-order chi connectivity index (χ1) is 16.3. The number of fused-ring (bicyclic) bond motifs is 3. The first-order valence-electron chi connectivity index (χ1n) is 10.8. The molecule has 0 atom stereocenters. The van der Waals surface area contributed by atoms with Gasteiger partial charge in [-0.3, -0.25) is 19.0 Å². The maximum atomic E-state index is 13.5. The summed E-state index contributed by atoms with van der Waals surface area (Å²) in [7, 11) is 0. The van der Waals surface area contributed by atoms with Crippen molar-refractivity contribution in [3.05, 3.63) is 90.4 Å². The van der Waals surface area contributed by atoms with E-state index in [1.54, 1.807) is 48.5 Å². The number of benzene rings is 2. The summed E-state index contributed by atoms with van der Waals surface area (Å²) in [4.78, 5) is 53.0. The van der Waals surface area contributed by atoms with Gasteiger partial charge >= 0.3 is 5.69 Å². The topological polar surface area (TPSA) is 90.2 Å². The van der Waals surface area contributed by atoms with Crippen LogP contribution in [0.3, 0.4) is 0 Å². The molecule has 9 heteroatoms. The second-order valence-corrected chi connectivity index (χ2v) is 9.72. The molecule has 1 aliphatic carbocycles. The van der Waals surface area contributed by atoms with Crippen LogP contribution in [0, 0.1) is 0 Å². The van der Waals surface area contributed by atoms with Gasteiger partial charge < -0.3 is 5.32 Å². The molecule has 0 saturated heterocycles. The van der Waals surface area contributed by atoms with E-state index in [4.69, 9.17) is 11.6 Å². The Morgan fingerprint density at radius 2 is 1.74 bits per heavy atom. The summed E-state index contributed by atoms with van der Waals surface area (Å²) in [5.41, 5.74) is 1.47. The third-order valence-corrected chi connectivity index (χ3v) is 7.52. The van der Waals surface area contributed by atoms with Gasteiger partial charge in [0.1, 0.15) is 11.4 Å². The van der Waals surface area contributed by atoms with E-state index in [1.165, 1.54) is 22.8 Å². The summed E-state index contributed by atoms with van der Waals surface area (Å²) < 4.78 is 2.48. The van der Waals surface area contributed by atoms with Crippen LogP contribution < -0.4 is 16.6 Å². The molecule has 1 amide bonds. The van der Waals surface area contributed by atoms with Gasteiger partial charge in [0.25, 0.3) is 5.56 Å². The minimum atomic E-state index is -0.582. The van der Waals surface area contributed by atoms with Gasteiger partial charge in [0, 0.05) is 21.2 Å². The zero-order valence-electron chi connectivity index (χ0n) is 18.3. The highest BCUT2D eigenvalue weighted by molar-refractivity contribution is 7.19. The van der Waals surface area contributed by atoms with Gasteiger partial charge in [0.2, 0.25) is 5.91 Å². The average molecular weight is 494 g/mol. The van der Waals surface area contributed by atoms with Crippen molar-refractivity contribution in [1.29, 1.82) is 0 Å². The summed E-state index contributed by atoms with van der Waals surface area (Å²) in [5.74, 6) is -0.476. The minimum absolute atomic E-state index is 0.0676. The summed E-state index contributed by atoms with van der Waals surface area (Å²) in [6.45, 7) is 1.22. The quantitative estimate of drug-likeness (QED) is 0.422. The van der Waals surface area contributed by atoms with Crippen LogP contribution in [-0.4, -0.2) is 20.8 Å². The lowest BCUT2D eigenvalue weighted by molar-refractivity contribution is -0.116. The lowest BCUT2D eigenvalue weighted by Gasteiger charge is -2.13. The van der Waals surface area contributed by atoms with E-state index in [1.807, 2.05) is 0 Å². The second kappa shape index (κ2) is 8.70. The van der Waals surface area contributed by atoms with Gasteiger partial charge in [0.05, 0.1) is 11.1 Å². The Labute approximate surface area is 203 Å². The van der Waals surface area contributed by atoms with E-state index < -0.39 is 11.6 Å². The fourth-order valence-corrected chi connectivity index (χ4v) is 5.79. The van der Waals surface area contributed by atoms with Crippen LogP contribution in [0.1, 0.15) is 34.1 Å². The number of thiophene rings is 1. The molecule has 4 aromatic rings. The maximum absolute atomic E-state index is 13.5. The summed E-state index contributed by atoms with van der Waals surface area (Å²) in [6, 6.07) is 13.0. The lowest BCUT2D eigenvalue weighted by Crippen LogP contribution is -2.40. The molecular formula is C25H20ClN3O4S. The molecule has 1 N–H and O–H groups in total. The van der Waals surface area contributed by atoms with Gasteiger partial charge in [-0.25, -0.2) is 9.36 Å². The first kappa shape index (κ1) is 22.3. The Hall–Kier alpha value is -3.49. The highest BCUT2D eigenvalue weighted by atomic mass is 35.5. The lowest BCUT2D eigenvalue weighted by atomic mass is 10.1. The van der Waals surface area contributed by atoms with Crippen LogP contribution in [-0.2, 0) is 24.2 Å². The molecule has 1 aliphatic rings. The van der Waals surface area contributed by atoms with Crippen molar-refractivity contribution in [2.75, 3.05) is 5.32 Å². The molecule has 0 fully saturated rings. The number of anilines is 1. The molecule has 2 aromatic carbocycles. The Balaban J connectivity index is 1.59. The molecule has 0 saturated carbocycles. The number of rotatable bonds is 5. The first-order valence-corrected chi connectivity index (χ1v) is 12.0. The number of halogens is 1. The van der Waals surface area contributed by atoms with E-state index in [2.05, 4.69) is 5.32 Å². The molecule has 0 bridgehead atoms. The summed E-state index contributed by atoms with van der Waals surface area (Å²) in [6.07, 6.45) is 2.60. The number of aromatic nitrogens is 2. The number of carbonyl (C=O) groups is 2. The number of Topliss-reactive ketones (excluding diaryl/α,β-unsaturated/α-hetero) is 1. The predicted octanol–water partition coefficient (Wildman–Crippen LogP) is 4.20. The minimum Gasteiger partial charge on any atom is -0.325 e. The van der Waals surface area contributed by atoms with Gasteiger partial charge in [0.15, 0.2) is 5.78 Å². The van der Waals surface area contributed by atoms with Gasteiger partial charge in [-0.05, 0) is 80.3 Å². The number of hydrogen-bond acceptors (Lipinski definition) is 5. The second-order valence-electron chi connectivity index (χ2n) is 8.20. The van der Waals surface area contributed by atoms with Crippen molar-refractivity contribution in [3.8, 4) is 5.69 Å². The van der Waals surface area contributed by atoms with Crippen LogP contribution in [0.25, 0.3) is 15.9 Å². The molecule has 2 heterocycles. The molecule has 5 rings (SSSR count). The number of ketones is 1. The van der Waals surface area contributed by atoms with Crippen LogP contribution >= 0.6 is 22.9 Å². The van der Waals surface area contributed by atoms with Crippen LogP contribution in [0.5, 0.6) is 0 Å². The van der Waals surface area contributed by atoms with Gasteiger partial charge in [-0.2, -0.15) is 0 Å². The van der Waals surface area contributed by atoms with E-state index >= 15 is 0 Å². The molecule has 0 unspecified atom stereocenters. The largest absolute Gasteiger partial charge is 0.337 e. The summed E-state index contributed by atoms with van der Waals surface area (Å²) in [5, 5.41) is 3.76. The standard InChI is InChI=1S/C25H20ClN3O4S/c1-14(30)15-5-9-17(10-6-15)27-21(31)13-28-24-22(19-3-2-4-20(19)34-24)23(32)29(25(28)33)18-11-7-16(26)8-12-18/h5-12H,2-4,13H2,1H3,(H,27,31). The van der Waals surface area contributed by atoms with Crippen molar-refractivity contribution in [1.82, 2.24) is 9.13 Å². The van der Waals surface area contributed by atoms with Crippen molar-refractivity contribution in [3.63, 3.8) is 0 Å². The van der Waals surface area contributed by atoms with Crippen molar-refractivity contribution < 1.29 is 9.59 Å². The Bertz CT molecular complexity index is 1560. The Morgan fingerprint density at radius 3 is 2.41 bits per heavy atom. The van der Waals surface area contributed by atoms with Gasteiger partial charge in [-0.1, -0.05) is 11.6 Å². The third-order valence-electron chi connectivity index (χ3n) is 5.95. The zero-order chi connectivity index (χ0) is 24.0. The predicted molar refractivity (Wildman–Crippen MR) is 134 cm³/mol. The van der Waals surface area contributed by atoms with Crippen LogP contribution in [0.2, 0.25) is 5.02 Å². The van der Waals surface area contributed by atoms with Crippen molar-refractivity contribution >= 4 is 50.5 Å². The Morgan fingerprint density at radius 1 is 1.03 bits per heavy atom. The maximum Gasteiger partial charge on any atom is 0.337 e. The number of nitrogens with one attached hydrogen (secondary N) is 1. The number of nitrogens with zero attached hydrogens (tertiary/aromatic N) is 2. The van der Waals surface area contributed by atoms with Gasteiger partial charge in [-0.15, -0.1) is 11.3 Å². The zero-order valence-corrected chi connectivity index (χ0v) is 19.8. The fourth-order valence-electron chi connectivity index (χ4n) is 4.30. The molecule has 0 radical (unpaired) electrons. The van der Waals surface area contributed by atoms with E-state index in [-0.39, 0.29) is 17.9 Å².